The molecular formula is C11H22N2O4S. The van der Waals surface area contributed by atoms with Crippen LogP contribution in [0, 0.1) is 0 Å². The minimum absolute atomic E-state index is 0.301. The van der Waals surface area contributed by atoms with E-state index in [9.17, 15) is 13.2 Å². The molecular weight excluding hydrogens is 256 g/mol. The monoisotopic (exact) mass is 278 g/mol. The van der Waals surface area contributed by atoms with Gasteiger partial charge in [-0.15, -0.1) is 0 Å². The van der Waals surface area contributed by atoms with Gasteiger partial charge < -0.3 is 5.11 Å². The van der Waals surface area contributed by atoms with Crippen molar-refractivity contribution in [2.45, 2.75) is 45.1 Å². The molecule has 0 aliphatic carbocycles. The van der Waals surface area contributed by atoms with Crippen molar-refractivity contribution in [2.75, 3.05) is 20.1 Å². The van der Waals surface area contributed by atoms with E-state index in [4.69, 9.17) is 5.11 Å². The van der Waals surface area contributed by atoms with Gasteiger partial charge in [0, 0.05) is 20.1 Å². The molecule has 0 saturated carbocycles. The van der Waals surface area contributed by atoms with Crippen molar-refractivity contribution in [3.63, 3.8) is 0 Å². The minimum atomic E-state index is -3.64. The van der Waals surface area contributed by atoms with E-state index in [1.54, 1.807) is 0 Å². The van der Waals surface area contributed by atoms with E-state index in [2.05, 4.69) is 0 Å². The Labute approximate surface area is 109 Å². The predicted octanol–water partition coefficient (Wildman–Crippen LogP) is 0.902. The van der Waals surface area contributed by atoms with E-state index < -0.39 is 22.2 Å². The van der Waals surface area contributed by atoms with Gasteiger partial charge in [0.1, 0.15) is 6.04 Å². The average Bonchev–Trinajstić information content (AvgIpc) is 2.35. The number of hydrogen-bond acceptors (Lipinski definition) is 3. The van der Waals surface area contributed by atoms with Crippen LogP contribution in [0.25, 0.3) is 0 Å². The third kappa shape index (κ3) is 3.43. The third-order valence-electron chi connectivity index (χ3n) is 3.26. The van der Waals surface area contributed by atoms with Gasteiger partial charge in [0.15, 0.2) is 0 Å². The van der Waals surface area contributed by atoms with Crippen LogP contribution in [0.5, 0.6) is 0 Å². The number of carboxylic acids is 1. The van der Waals surface area contributed by atoms with Crippen molar-refractivity contribution in [3.8, 4) is 0 Å². The zero-order chi connectivity index (χ0) is 13.8. The Hall–Kier alpha value is -0.660. The van der Waals surface area contributed by atoms with Crippen molar-refractivity contribution in [3.05, 3.63) is 0 Å². The highest BCUT2D eigenvalue weighted by Gasteiger charge is 2.38. The fourth-order valence-electron chi connectivity index (χ4n) is 2.10. The van der Waals surface area contributed by atoms with Crippen LogP contribution in [-0.4, -0.2) is 54.3 Å². The second kappa shape index (κ2) is 6.49. The van der Waals surface area contributed by atoms with E-state index in [0.717, 1.165) is 30.0 Å². The first-order valence-electron chi connectivity index (χ1n) is 6.37. The first-order valence-corrected chi connectivity index (χ1v) is 7.77. The topological polar surface area (TPSA) is 77.9 Å². The number of unbranched alkanes of at least 4 members (excludes halogenated alkanes) is 1. The molecule has 18 heavy (non-hydrogen) atoms. The van der Waals surface area contributed by atoms with Gasteiger partial charge in [0.2, 0.25) is 0 Å². The number of hydrogen-bond donors (Lipinski definition) is 1. The largest absolute Gasteiger partial charge is 0.480 e. The number of nitrogens with zero attached hydrogens (tertiary/aromatic N) is 2. The van der Waals surface area contributed by atoms with E-state index in [0.29, 0.717) is 19.5 Å². The Morgan fingerprint density at radius 1 is 1.44 bits per heavy atom. The molecule has 7 heteroatoms. The summed E-state index contributed by atoms with van der Waals surface area (Å²) in [5.74, 6) is -1.05. The Kier molecular flexibility index (Phi) is 5.55. The van der Waals surface area contributed by atoms with Gasteiger partial charge in [-0.25, -0.2) is 0 Å². The lowest BCUT2D eigenvalue weighted by atomic mass is 10.1. The van der Waals surface area contributed by atoms with Crippen LogP contribution in [0.2, 0.25) is 0 Å². The maximum absolute atomic E-state index is 12.3. The van der Waals surface area contributed by atoms with Crippen molar-refractivity contribution >= 4 is 16.2 Å². The summed E-state index contributed by atoms with van der Waals surface area (Å²) in [7, 11) is -2.13. The van der Waals surface area contributed by atoms with Crippen LogP contribution in [0.3, 0.4) is 0 Å². The van der Waals surface area contributed by atoms with Gasteiger partial charge in [-0.1, -0.05) is 13.3 Å². The summed E-state index contributed by atoms with van der Waals surface area (Å²) < 4.78 is 27.0. The van der Waals surface area contributed by atoms with Gasteiger partial charge in [0.05, 0.1) is 0 Å². The van der Waals surface area contributed by atoms with Gasteiger partial charge in [-0.05, 0) is 25.7 Å². The van der Waals surface area contributed by atoms with Gasteiger partial charge in [0.25, 0.3) is 10.2 Å². The molecule has 0 aromatic rings. The normalized spacial score (nSPS) is 22.3. The smallest absolute Gasteiger partial charge is 0.322 e. The second-order valence-electron chi connectivity index (χ2n) is 4.64. The molecule has 0 aromatic carbocycles. The predicted molar refractivity (Wildman–Crippen MR) is 68.4 cm³/mol. The number of piperidine rings is 1. The molecule has 1 aliphatic heterocycles. The maximum atomic E-state index is 12.3. The SMILES string of the molecule is CCCCN(C)S(=O)(=O)N1CCCC[C@H]1C(=O)O. The lowest BCUT2D eigenvalue weighted by molar-refractivity contribution is -0.142. The number of carbonyl (C=O) groups is 1. The first-order chi connectivity index (χ1) is 8.41. The second-order valence-corrected chi connectivity index (χ2v) is 6.63. The van der Waals surface area contributed by atoms with Crippen LogP contribution in [0.4, 0.5) is 0 Å². The highest BCUT2D eigenvalue weighted by Crippen LogP contribution is 2.22. The summed E-state index contributed by atoms with van der Waals surface area (Å²) in [5.41, 5.74) is 0. The minimum Gasteiger partial charge on any atom is -0.480 e. The molecule has 0 bridgehead atoms. The summed E-state index contributed by atoms with van der Waals surface area (Å²) >= 11 is 0. The van der Waals surface area contributed by atoms with E-state index in [1.807, 2.05) is 6.92 Å². The fourth-order valence-corrected chi connectivity index (χ4v) is 3.70. The lowest BCUT2D eigenvalue weighted by Crippen LogP contribution is -2.52. The fraction of sp³-hybridized carbons (Fsp3) is 0.909. The first kappa shape index (κ1) is 15.4. The van der Waals surface area contributed by atoms with Crippen LogP contribution in [0.15, 0.2) is 0 Å². The Morgan fingerprint density at radius 2 is 2.11 bits per heavy atom. The molecule has 1 aliphatic rings. The van der Waals surface area contributed by atoms with Crippen molar-refractivity contribution in [2.24, 2.45) is 0 Å². The molecule has 1 N–H and O–H groups in total. The highest BCUT2D eigenvalue weighted by atomic mass is 32.2. The number of rotatable bonds is 6. The molecule has 6 nitrogen and oxygen atoms in total. The van der Waals surface area contributed by atoms with Crippen LogP contribution < -0.4 is 0 Å². The molecule has 1 atom stereocenters. The highest BCUT2D eigenvalue weighted by molar-refractivity contribution is 7.86. The molecule has 106 valence electrons. The zero-order valence-electron chi connectivity index (χ0n) is 11.0. The molecule has 0 unspecified atom stereocenters. The standard InChI is InChI=1S/C11H22N2O4S/c1-3-4-8-12(2)18(16,17)13-9-6-5-7-10(13)11(14)15/h10H,3-9H2,1-2H3,(H,14,15)/t10-/m0/s1. The van der Waals surface area contributed by atoms with E-state index in [-0.39, 0.29) is 0 Å². The summed E-state index contributed by atoms with van der Waals surface area (Å²) in [6, 6.07) is -0.909. The number of aliphatic carboxylic acids is 1. The van der Waals surface area contributed by atoms with E-state index in [1.165, 1.54) is 11.4 Å². The molecule has 0 amide bonds. The molecule has 1 fully saturated rings. The molecule has 0 spiro atoms. The van der Waals surface area contributed by atoms with E-state index >= 15 is 0 Å². The van der Waals surface area contributed by atoms with Crippen LogP contribution >= 0.6 is 0 Å². The summed E-state index contributed by atoms with van der Waals surface area (Å²) in [6.45, 7) is 2.72. The van der Waals surface area contributed by atoms with Crippen molar-refractivity contribution < 1.29 is 18.3 Å². The molecule has 1 rings (SSSR count). The summed E-state index contributed by atoms with van der Waals surface area (Å²) in [6.07, 6.45) is 3.58. The summed E-state index contributed by atoms with van der Waals surface area (Å²) in [4.78, 5) is 11.1. The van der Waals surface area contributed by atoms with Gasteiger partial charge in [-0.3, -0.25) is 4.79 Å². The maximum Gasteiger partial charge on any atom is 0.322 e. The lowest BCUT2D eigenvalue weighted by Gasteiger charge is -2.34. The number of carboxylic acid groups (broad SMARTS) is 1. The molecule has 0 radical (unpaired) electrons. The third-order valence-corrected chi connectivity index (χ3v) is 5.26. The van der Waals surface area contributed by atoms with Crippen molar-refractivity contribution in [1.29, 1.82) is 0 Å². The Morgan fingerprint density at radius 3 is 2.67 bits per heavy atom. The Balaban J connectivity index is 2.83. The van der Waals surface area contributed by atoms with Crippen LogP contribution in [-0.2, 0) is 15.0 Å². The summed E-state index contributed by atoms with van der Waals surface area (Å²) in [5, 5.41) is 9.11. The zero-order valence-corrected chi connectivity index (χ0v) is 11.8. The Bertz CT molecular complexity index is 383. The van der Waals surface area contributed by atoms with Crippen LogP contribution in [0.1, 0.15) is 39.0 Å². The molecule has 0 aromatic heterocycles. The van der Waals surface area contributed by atoms with Gasteiger partial charge >= 0.3 is 5.97 Å². The molecule has 1 saturated heterocycles. The quantitative estimate of drug-likeness (QED) is 0.783. The molecule has 1 heterocycles. The van der Waals surface area contributed by atoms with Gasteiger partial charge in [-0.2, -0.15) is 17.0 Å². The average molecular weight is 278 g/mol. The van der Waals surface area contributed by atoms with Crippen molar-refractivity contribution in [1.82, 2.24) is 8.61 Å².